The number of anilines is 1. The van der Waals surface area contributed by atoms with Crippen molar-refractivity contribution in [1.82, 2.24) is 4.98 Å². The predicted octanol–water partition coefficient (Wildman–Crippen LogP) is 5.89. The number of hydrogen-bond acceptors (Lipinski definition) is 5. The second-order valence-corrected chi connectivity index (χ2v) is 8.17. The number of thiazole rings is 1. The zero-order valence-electron chi connectivity index (χ0n) is 15.8. The molecule has 1 aromatic heterocycles. The van der Waals surface area contributed by atoms with Crippen molar-refractivity contribution in [2.24, 2.45) is 5.10 Å². The van der Waals surface area contributed by atoms with Gasteiger partial charge in [-0.25, -0.2) is 9.37 Å². The van der Waals surface area contributed by atoms with Gasteiger partial charge in [-0.2, -0.15) is 10.1 Å². The van der Waals surface area contributed by atoms with Crippen LogP contribution in [0.15, 0.2) is 76.3 Å². The van der Waals surface area contributed by atoms with Crippen LogP contribution < -0.4 is 9.75 Å². The van der Waals surface area contributed by atoms with E-state index in [1.165, 1.54) is 28.5 Å². The number of carbonyl (C=O) groups excluding carboxylic acids is 1. The lowest BCUT2D eigenvalue weighted by molar-refractivity contribution is 0.0988. The van der Waals surface area contributed by atoms with Crippen LogP contribution in [-0.2, 0) is 0 Å². The van der Waals surface area contributed by atoms with Gasteiger partial charge in [0.25, 0.3) is 5.91 Å². The van der Waals surface area contributed by atoms with Crippen LogP contribution >= 0.6 is 27.3 Å². The molecule has 1 amide bonds. The number of rotatable bonds is 5. The van der Waals surface area contributed by atoms with Crippen LogP contribution in [-0.4, -0.2) is 24.2 Å². The number of benzene rings is 3. The molecule has 0 spiro atoms. The Kier molecular flexibility index (Phi) is 5.87. The third-order valence-electron chi connectivity index (χ3n) is 4.24. The molecule has 0 atom stereocenters. The van der Waals surface area contributed by atoms with Gasteiger partial charge >= 0.3 is 0 Å². The van der Waals surface area contributed by atoms with Crippen LogP contribution in [0.5, 0.6) is 5.75 Å². The summed E-state index contributed by atoms with van der Waals surface area (Å²) in [4.78, 5) is 17.7. The molecule has 0 saturated heterocycles. The highest BCUT2D eigenvalue weighted by Gasteiger charge is 2.21. The molecule has 0 saturated carbocycles. The van der Waals surface area contributed by atoms with E-state index in [1.807, 2.05) is 24.3 Å². The summed E-state index contributed by atoms with van der Waals surface area (Å²) in [6.07, 6.45) is 1.58. The van der Waals surface area contributed by atoms with Gasteiger partial charge in [-0.3, -0.25) is 4.79 Å². The molecule has 0 aliphatic heterocycles. The Labute approximate surface area is 184 Å². The van der Waals surface area contributed by atoms with E-state index in [-0.39, 0.29) is 11.7 Å². The van der Waals surface area contributed by atoms with Crippen molar-refractivity contribution >= 4 is 54.7 Å². The van der Waals surface area contributed by atoms with E-state index in [9.17, 15) is 9.18 Å². The maximum Gasteiger partial charge on any atom is 0.280 e. The zero-order chi connectivity index (χ0) is 21.1. The molecule has 0 bridgehead atoms. The minimum atomic E-state index is -0.357. The molecule has 3 aromatic carbocycles. The molecule has 0 unspecified atom stereocenters. The lowest BCUT2D eigenvalue weighted by Gasteiger charge is -2.14. The first-order valence-corrected chi connectivity index (χ1v) is 10.5. The second-order valence-electron chi connectivity index (χ2n) is 6.25. The summed E-state index contributed by atoms with van der Waals surface area (Å²) in [5.41, 5.74) is 1.84. The van der Waals surface area contributed by atoms with Gasteiger partial charge in [0, 0.05) is 10.0 Å². The zero-order valence-corrected chi connectivity index (χ0v) is 18.2. The van der Waals surface area contributed by atoms with Gasteiger partial charge in [-0.05, 0) is 60.2 Å². The van der Waals surface area contributed by atoms with E-state index >= 15 is 0 Å². The number of halogens is 2. The average molecular weight is 484 g/mol. The maximum absolute atomic E-state index is 13.6. The SMILES string of the molecule is COc1ccc(C(=O)N(/N=C/c2ccc(Br)cc2)c2nc3ccc(F)cc3s2)cc1. The Balaban J connectivity index is 1.74. The number of hydrazone groups is 1. The molecule has 30 heavy (non-hydrogen) atoms. The van der Waals surface area contributed by atoms with Gasteiger partial charge in [0.05, 0.1) is 23.5 Å². The van der Waals surface area contributed by atoms with Crippen molar-refractivity contribution in [3.8, 4) is 5.75 Å². The second kappa shape index (κ2) is 8.73. The number of nitrogens with zero attached hydrogens (tertiary/aromatic N) is 3. The maximum atomic E-state index is 13.6. The lowest BCUT2D eigenvalue weighted by atomic mass is 10.2. The quantitative estimate of drug-likeness (QED) is 0.262. The highest BCUT2D eigenvalue weighted by atomic mass is 79.9. The molecular formula is C22H15BrFN3O2S. The minimum Gasteiger partial charge on any atom is -0.497 e. The first-order chi connectivity index (χ1) is 14.5. The lowest BCUT2D eigenvalue weighted by Crippen LogP contribution is -2.25. The van der Waals surface area contributed by atoms with Gasteiger partial charge in [0.2, 0.25) is 5.13 Å². The largest absolute Gasteiger partial charge is 0.497 e. The molecule has 4 aromatic rings. The molecule has 1 heterocycles. The summed E-state index contributed by atoms with van der Waals surface area (Å²) in [5, 5.41) is 5.98. The van der Waals surface area contributed by atoms with E-state index in [0.717, 1.165) is 10.0 Å². The normalized spacial score (nSPS) is 11.2. The van der Waals surface area contributed by atoms with Crippen molar-refractivity contribution in [2.75, 3.05) is 12.1 Å². The third kappa shape index (κ3) is 4.39. The van der Waals surface area contributed by atoms with Gasteiger partial charge in [0.15, 0.2) is 0 Å². The number of aromatic nitrogens is 1. The number of methoxy groups -OCH3 is 1. The molecule has 4 rings (SSSR count). The average Bonchev–Trinajstić information content (AvgIpc) is 3.18. The number of hydrogen-bond donors (Lipinski definition) is 0. The van der Waals surface area contributed by atoms with E-state index in [4.69, 9.17) is 4.74 Å². The summed E-state index contributed by atoms with van der Waals surface area (Å²) in [5.74, 6) is -0.0680. The number of fused-ring (bicyclic) bond motifs is 1. The summed E-state index contributed by atoms with van der Waals surface area (Å²) in [6, 6.07) is 18.6. The number of amides is 1. The van der Waals surface area contributed by atoms with Gasteiger partial charge in [-0.15, -0.1) is 0 Å². The Hall–Kier alpha value is -3.10. The predicted molar refractivity (Wildman–Crippen MR) is 121 cm³/mol. The Bertz CT molecular complexity index is 1220. The van der Waals surface area contributed by atoms with Gasteiger partial charge in [0.1, 0.15) is 11.6 Å². The van der Waals surface area contributed by atoms with Crippen molar-refractivity contribution in [3.63, 3.8) is 0 Å². The van der Waals surface area contributed by atoms with Crippen molar-refractivity contribution in [2.45, 2.75) is 0 Å². The van der Waals surface area contributed by atoms with Crippen LogP contribution in [0.1, 0.15) is 15.9 Å². The standard InChI is InChI=1S/C22H15BrFN3O2S/c1-29-18-9-4-15(5-10-18)21(28)27(25-13-14-2-6-16(23)7-3-14)22-26-19-11-8-17(24)12-20(19)30-22/h2-13H,1H3/b25-13+. The van der Waals surface area contributed by atoms with Crippen LogP contribution in [0.25, 0.3) is 10.2 Å². The van der Waals surface area contributed by atoms with Crippen molar-refractivity contribution < 1.29 is 13.9 Å². The van der Waals surface area contributed by atoms with E-state index in [1.54, 1.807) is 43.7 Å². The fraction of sp³-hybridized carbons (Fsp3) is 0.0455. The highest BCUT2D eigenvalue weighted by Crippen LogP contribution is 2.30. The van der Waals surface area contributed by atoms with Gasteiger partial charge < -0.3 is 4.74 Å². The van der Waals surface area contributed by atoms with E-state index in [0.29, 0.717) is 26.7 Å². The van der Waals surface area contributed by atoms with Crippen LogP contribution in [0.3, 0.4) is 0 Å². The van der Waals surface area contributed by atoms with E-state index < -0.39 is 0 Å². The summed E-state index contributed by atoms with van der Waals surface area (Å²) < 4.78 is 20.3. The topological polar surface area (TPSA) is 54.8 Å². The third-order valence-corrected chi connectivity index (χ3v) is 5.76. The highest BCUT2D eigenvalue weighted by molar-refractivity contribution is 9.10. The fourth-order valence-corrected chi connectivity index (χ4v) is 3.91. The first-order valence-electron chi connectivity index (χ1n) is 8.87. The fourth-order valence-electron chi connectivity index (χ4n) is 2.69. The molecule has 5 nitrogen and oxygen atoms in total. The molecule has 150 valence electrons. The van der Waals surface area contributed by atoms with Crippen molar-refractivity contribution in [1.29, 1.82) is 0 Å². The monoisotopic (exact) mass is 483 g/mol. The molecule has 0 aliphatic rings. The first kappa shape index (κ1) is 20.2. The summed E-state index contributed by atoms with van der Waals surface area (Å²) in [7, 11) is 1.56. The van der Waals surface area contributed by atoms with Gasteiger partial charge in [-0.1, -0.05) is 39.4 Å². The van der Waals surface area contributed by atoms with Crippen LogP contribution in [0.2, 0.25) is 0 Å². The van der Waals surface area contributed by atoms with Crippen LogP contribution in [0.4, 0.5) is 9.52 Å². The summed E-state index contributed by atoms with van der Waals surface area (Å²) in [6.45, 7) is 0. The Morgan fingerprint density at radius 1 is 1.13 bits per heavy atom. The molecule has 0 N–H and O–H groups in total. The molecular weight excluding hydrogens is 469 g/mol. The van der Waals surface area contributed by atoms with Crippen LogP contribution in [0, 0.1) is 5.82 Å². The van der Waals surface area contributed by atoms with Crippen molar-refractivity contribution in [3.05, 3.63) is 88.1 Å². The smallest absolute Gasteiger partial charge is 0.280 e. The molecule has 0 radical (unpaired) electrons. The molecule has 8 heteroatoms. The summed E-state index contributed by atoms with van der Waals surface area (Å²) >= 11 is 4.59. The Morgan fingerprint density at radius 2 is 1.87 bits per heavy atom. The minimum absolute atomic E-state index is 0.352. The molecule has 0 aliphatic carbocycles. The molecule has 0 fully saturated rings. The van der Waals surface area contributed by atoms with E-state index in [2.05, 4.69) is 26.0 Å². The number of ether oxygens (including phenoxy) is 1. The Morgan fingerprint density at radius 3 is 2.57 bits per heavy atom. The number of carbonyl (C=O) groups is 1.